The standard InChI is InChI=1S/C23H27N3O2/c1-16-19-8-5-9-20(22(24)27)21(19)23(28)26(16)18-11-14-25(15-12-18)13-10-17-6-3-2-4-7-17/h2-9,16,18H,10-15H2,1H3,(H2,24,27). The van der Waals surface area contributed by atoms with Gasteiger partial charge in [0.25, 0.3) is 5.91 Å². The van der Waals surface area contributed by atoms with E-state index in [1.54, 1.807) is 6.07 Å². The van der Waals surface area contributed by atoms with Crippen LogP contribution < -0.4 is 5.73 Å². The van der Waals surface area contributed by atoms with Crippen LogP contribution in [0.2, 0.25) is 0 Å². The first-order valence-electron chi connectivity index (χ1n) is 10.1. The molecule has 4 rings (SSSR count). The Kier molecular flexibility index (Phi) is 5.18. The molecule has 0 aliphatic carbocycles. The molecule has 1 fully saturated rings. The van der Waals surface area contributed by atoms with Crippen molar-refractivity contribution >= 4 is 11.8 Å². The molecule has 0 bridgehead atoms. The first kappa shape index (κ1) is 18.7. The molecule has 5 nitrogen and oxygen atoms in total. The van der Waals surface area contributed by atoms with E-state index in [2.05, 4.69) is 36.1 Å². The molecule has 2 aliphatic heterocycles. The summed E-state index contributed by atoms with van der Waals surface area (Å²) in [7, 11) is 0. The molecule has 2 aromatic carbocycles. The predicted octanol–water partition coefficient (Wildman–Crippen LogP) is 3.01. The fourth-order valence-corrected chi connectivity index (χ4v) is 4.65. The van der Waals surface area contributed by atoms with Crippen molar-refractivity contribution in [2.24, 2.45) is 5.73 Å². The summed E-state index contributed by atoms with van der Waals surface area (Å²) in [5.41, 5.74) is 8.64. The van der Waals surface area contributed by atoms with Crippen molar-refractivity contribution in [3.05, 3.63) is 70.8 Å². The van der Waals surface area contributed by atoms with Gasteiger partial charge in [-0.25, -0.2) is 0 Å². The second-order valence-corrected chi connectivity index (χ2v) is 7.83. The van der Waals surface area contributed by atoms with Gasteiger partial charge in [-0.3, -0.25) is 9.59 Å². The van der Waals surface area contributed by atoms with E-state index in [1.807, 2.05) is 23.1 Å². The van der Waals surface area contributed by atoms with Crippen LogP contribution in [-0.2, 0) is 6.42 Å². The second-order valence-electron chi connectivity index (χ2n) is 7.83. The number of carbonyl (C=O) groups excluding carboxylic acids is 2. The summed E-state index contributed by atoms with van der Waals surface area (Å²) in [6.07, 6.45) is 2.98. The van der Waals surface area contributed by atoms with Crippen LogP contribution in [-0.4, -0.2) is 47.3 Å². The number of benzene rings is 2. The number of carbonyl (C=O) groups is 2. The molecule has 28 heavy (non-hydrogen) atoms. The molecule has 2 amide bonds. The van der Waals surface area contributed by atoms with Crippen molar-refractivity contribution in [1.29, 1.82) is 0 Å². The van der Waals surface area contributed by atoms with Gasteiger partial charge in [-0.05, 0) is 43.4 Å². The Labute approximate surface area is 166 Å². The summed E-state index contributed by atoms with van der Waals surface area (Å²) in [5, 5.41) is 0. The van der Waals surface area contributed by atoms with E-state index in [0.29, 0.717) is 11.1 Å². The van der Waals surface area contributed by atoms with E-state index in [1.165, 1.54) is 5.56 Å². The molecule has 1 atom stereocenters. The van der Waals surface area contributed by atoms with Gasteiger partial charge >= 0.3 is 0 Å². The lowest BCUT2D eigenvalue weighted by Crippen LogP contribution is -2.46. The minimum absolute atomic E-state index is 0.0114. The number of likely N-dealkylation sites (tertiary alicyclic amines) is 1. The first-order valence-corrected chi connectivity index (χ1v) is 10.1. The number of fused-ring (bicyclic) bond motifs is 1. The number of rotatable bonds is 5. The minimum atomic E-state index is -0.532. The Bertz CT molecular complexity index is 873. The molecule has 0 saturated carbocycles. The average molecular weight is 377 g/mol. The Morgan fingerprint density at radius 1 is 1.07 bits per heavy atom. The van der Waals surface area contributed by atoms with E-state index in [-0.39, 0.29) is 18.0 Å². The Morgan fingerprint density at radius 2 is 1.79 bits per heavy atom. The lowest BCUT2D eigenvalue weighted by atomic mass is 9.99. The number of hydrogen-bond donors (Lipinski definition) is 1. The highest BCUT2D eigenvalue weighted by Crippen LogP contribution is 2.38. The smallest absolute Gasteiger partial charge is 0.255 e. The predicted molar refractivity (Wildman–Crippen MR) is 109 cm³/mol. The summed E-state index contributed by atoms with van der Waals surface area (Å²) in [6.45, 7) is 5.09. The van der Waals surface area contributed by atoms with Crippen LogP contribution in [0.15, 0.2) is 48.5 Å². The molecule has 2 aromatic rings. The normalized spacial score (nSPS) is 20.4. The average Bonchev–Trinajstić information content (AvgIpc) is 2.98. The molecule has 5 heteroatoms. The van der Waals surface area contributed by atoms with Crippen LogP contribution in [0, 0.1) is 0 Å². The third kappa shape index (κ3) is 3.42. The van der Waals surface area contributed by atoms with Gasteiger partial charge in [-0.2, -0.15) is 0 Å². The Hall–Kier alpha value is -2.66. The van der Waals surface area contributed by atoms with Crippen LogP contribution in [0.4, 0.5) is 0 Å². The van der Waals surface area contributed by atoms with Gasteiger partial charge in [0, 0.05) is 25.7 Å². The number of nitrogens with zero attached hydrogens (tertiary/aromatic N) is 2. The van der Waals surface area contributed by atoms with E-state index in [0.717, 1.165) is 44.5 Å². The maximum Gasteiger partial charge on any atom is 0.255 e. The number of piperidine rings is 1. The SMILES string of the molecule is CC1c2cccc(C(N)=O)c2C(=O)N1C1CCN(CCc2ccccc2)CC1. The third-order valence-electron chi connectivity index (χ3n) is 6.19. The zero-order valence-corrected chi connectivity index (χ0v) is 16.3. The van der Waals surface area contributed by atoms with Gasteiger partial charge in [0.2, 0.25) is 5.91 Å². The number of amides is 2. The summed E-state index contributed by atoms with van der Waals surface area (Å²) >= 11 is 0. The summed E-state index contributed by atoms with van der Waals surface area (Å²) in [4.78, 5) is 29.4. The molecule has 1 saturated heterocycles. The van der Waals surface area contributed by atoms with Crippen LogP contribution >= 0.6 is 0 Å². The second kappa shape index (κ2) is 7.76. The van der Waals surface area contributed by atoms with E-state index in [9.17, 15) is 9.59 Å². The third-order valence-corrected chi connectivity index (χ3v) is 6.19. The van der Waals surface area contributed by atoms with Crippen molar-refractivity contribution in [2.75, 3.05) is 19.6 Å². The molecule has 2 heterocycles. The van der Waals surface area contributed by atoms with Crippen LogP contribution in [0.5, 0.6) is 0 Å². The molecule has 146 valence electrons. The zero-order valence-electron chi connectivity index (χ0n) is 16.3. The minimum Gasteiger partial charge on any atom is -0.366 e. The number of primary amides is 1. The van der Waals surface area contributed by atoms with Gasteiger partial charge in [0.05, 0.1) is 17.2 Å². The molecular weight excluding hydrogens is 350 g/mol. The van der Waals surface area contributed by atoms with Crippen LogP contribution in [0.1, 0.15) is 57.7 Å². The molecule has 0 radical (unpaired) electrons. The van der Waals surface area contributed by atoms with Gasteiger partial charge in [0.15, 0.2) is 0 Å². The maximum absolute atomic E-state index is 13.1. The summed E-state index contributed by atoms with van der Waals surface area (Å²) in [5.74, 6) is -0.574. The lowest BCUT2D eigenvalue weighted by molar-refractivity contribution is 0.0519. The monoisotopic (exact) mass is 377 g/mol. The van der Waals surface area contributed by atoms with Crippen LogP contribution in [0.3, 0.4) is 0 Å². The molecule has 0 spiro atoms. The molecular formula is C23H27N3O2. The fraction of sp³-hybridized carbons (Fsp3) is 0.391. The molecule has 2 aliphatic rings. The molecule has 2 N–H and O–H groups in total. The van der Waals surface area contributed by atoms with Gasteiger partial charge in [0.1, 0.15) is 0 Å². The summed E-state index contributed by atoms with van der Waals surface area (Å²) < 4.78 is 0. The summed E-state index contributed by atoms with van der Waals surface area (Å²) in [6, 6.07) is 16.2. The number of nitrogens with two attached hydrogens (primary N) is 1. The van der Waals surface area contributed by atoms with Crippen molar-refractivity contribution in [1.82, 2.24) is 9.80 Å². The molecule has 1 unspecified atom stereocenters. The zero-order chi connectivity index (χ0) is 19.7. The Balaban J connectivity index is 1.40. The van der Waals surface area contributed by atoms with E-state index >= 15 is 0 Å². The van der Waals surface area contributed by atoms with Crippen LogP contribution in [0.25, 0.3) is 0 Å². The molecule has 0 aromatic heterocycles. The van der Waals surface area contributed by atoms with Crippen molar-refractivity contribution in [3.8, 4) is 0 Å². The number of hydrogen-bond acceptors (Lipinski definition) is 3. The highest BCUT2D eigenvalue weighted by atomic mass is 16.2. The van der Waals surface area contributed by atoms with Gasteiger partial charge in [-0.1, -0.05) is 42.5 Å². The topological polar surface area (TPSA) is 66.6 Å². The van der Waals surface area contributed by atoms with Gasteiger partial charge < -0.3 is 15.5 Å². The highest BCUT2D eigenvalue weighted by molar-refractivity contribution is 6.09. The van der Waals surface area contributed by atoms with Gasteiger partial charge in [-0.15, -0.1) is 0 Å². The lowest BCUT2D eigenvalue weighted by Gasteiger charge is -2.38. The fourth-order valence-electron chi connectivity index (χ4n) is 4.65. The van der Waals surface area contributed by atoms with Crippen molar-refractivity contribution < 1.29 is 9.59 Å². The van der Waals surface area contributed by atoms with E-state index < -0.39 is 5.91 Å². The highest BCUT2D eigenvalue weighted by Gasteiger charge is 2.41. The largest absolute Gasteiger partial charge is 0.366 e. The van der Waals surface area contributed by atoms with E-state index in [4.69, 9.17) is 5.73 Å². The maximum atomic E-state index is 13.1. The van der Waals surface area contributed by atoms with Crippen molar-refractivity contribution in [3.63, 3.8) is 0 Å². The quantitative estimate of drug-likeness (QED) is 0.871. The Morgan fingerprint density at radius 3 is 2.46 bits per heavy atom. The van der Waals surface area contributed by atoms with Crippen molar-refractivity contribution in [2.45, 2.75) is 38.3 Å². The first-order chi connectivity index (χ1) is 13.6.